The van der Waals surface area contributed by atoms with Crippen molar-refractivity contribution in [3.8, 4) is 0 Å². The lowest BCUT2D eigenvalue weighted by Crippen LogP contribution is -2.29. The largest absolute Gasteiger partial charge is 0.332 e. The highest BCUT2D eigenvalue weighted by atomic mass is 15.2. The lowest BCUT2D eigenvalue weighted by atomic mass is 10.2. The van der Waals surface area contributed by atoms with Crippen LogP contribution >= 0.6 is 0 Å². The molecule has 0 unspecified atom stereocenters. The Balaban J connectivity index is 2.11. The smallest absolute Gasteiger partial charge is 0.0953 e. The molecule has 0 fully saturated rings. The third kappa shape index (κ3) is 2.21. The van der Waals surface area contributed by atoms with Crippen LogP contribution in [0.4, 0.5) is 0 Å². The quantitative estimate of drug-likeness (QED) is 0.795. The molecule has 0 radical (unpaired) electrons. The Morgan fingerprint density at radius 3 is 3.00 bits per heavy atom. The molecule has 0 bridgehead atoms. The Morgan fingerprint density at radius 2 is 2.27 bits per heavy atom. The zero-order chi connectivity index (χ0) is 10.7. The van der Waals surface area contributed by atoms with Gasteiger partial charge in [0.05, 0.1) is 17.7 Å². The van der Waals surface area contributed by atoms with Crippen LogP contribution in [0.1, 0.15) is 25.2 Å². The minimum Gasteiger partial charge on any atom is -0.332 e. The van der Waals surface area contributed by atoms with Crippen LogP contribution in [0.5, 0.6) is 0 Å². The Morgan fingerprint density at radius 1 is 1.47 bits per heavy atom. The lowest BCUT2D eigenvalue weighted by molar-refractivity contribution is 0.290. The first kappa shape index (κ1) is 10.6. The van der Waals surface area contributed by atoms with Crippen LogP contribution in [0.15, 0.2) is 6.33 Å². The fourth-order valence-electron chi connectivity index (χ4n) is 2.04. The molecule has 84 valence electrons. The SMILES string of the molecule is CCN(CC)Cc1ncn2c1CNCC2. The van der Waals surface area contributed by atoms with E-state index in [1.165, 1.54) is 11.4 Å². The second-order valence-corrected chi connectivity index (χ2v) is 3.97. The summed E-state index contributed by atoms with van der Waals surface area (Å²) in [6.07, 6.45) is 1.98. The molecule has 0 aliphatic carbocycles. The maximum Gasteiger partial charge on any atom is 0.0953 e. The zero-order valence-electron chi connectivity index (χ0n) is 9.66. The second kappa shape index (κ2) is 4.77. The van der Waals surface area contributed by atoms with Crippen molar-refractivity contribution in [3.05, 3.63) is 17.7 Å². The molecule has 1 aromatic heterocycles. The van der Waals surface area contributed by atoms with Gasteiger partial charge in [0.15, 0.2) is 0 Å². The summed E-state index contributed by atoms with van der Waals surface area (Å²) in [7, 11) is 0. The van der Waals surface area contributed by atoms with Crippen molar-refractivity contribution in [3.63, 3.8) is 0 Å². The summed E-state index contributed by atoms with van der Waals surface area (Å²) in [5, 5.41) is 3.40. The van der Waals surface area contributed by atoms with Crippen LogP contribution in [-0.4, -0.2) is 34.1 Å². The number of hydrogen-bond acceptors (Lipinski definition) is 3. The predicted octanol–water partition coefficient (Wildman–Crippen LogP) is 0.828. The van der Waals surface area contributed by atoms with Gasteiger partial charge < -0.3 is 9.88 Å². The molecule has 0 saturated carbocycles. The van der Waals surface area contributed by atoms with E-state index < -0.39 is 0 Å². The third-order valence-corrected chi connectivity index (χ3v) is 3.12. The van der Waals surface area contributed by atoms with Gasteiger partial charge in [0.25, 0.3) is 0 Å². The fraction of sp³-hybridized carbons (Fsp3) is 0.727. The third-order valence-electron chi connectivity index (χ3n) is 3.12. The summed E-state index contributed by atoms with van der Waals surface area (Å²) in [5.74, 6) is 0. The average Bonchev–Trinajstić information content (AvgIpc) is 2.69. The minimum absolute atomic E-state index is 0.969. The van der Waals surface area contributed by atoms with Crippen molar-refractivity contribution in [2.24, 2.45) is 0 Å². The summed E-state index contributed by atoms with van der Waals surface area (Å²) < 4.78 is 2.27. The van der Waals surface area contributed by atoms with Gasteiger partial charge in [0.1, 0.15) is 0 Å². The molecule has 1 N–H and O–H groups in total. The maximum absolute atomic E-state index is 4.51. The number of nitrogens with one attached hydrogen (secondary N) is 1. The van der Waals surface area contributed by atoms with Crippen LogP contribution in [0.2, 0.25) is 0 Å². The fourth-order valence-corrected chi connectivity index (χ4v) is 2.04. The van der Waals surface area contributed by atoms with Crippen molar-refractivity contribution in [1.29, 1.82) is 0 Å². The Kier molecular flexibility index (Phi) is 3.38. The number of hydrogen-bond donors (Lipinski definition) is 1. The molecular formula is C11H20N4. The molecule has 0 saturated heterocycles. The molecule has 1 aromatic rings. The normalized spacial score (nSPS) is 15.7. The Hall–Kier alpha value is -0.870. The lowest BCUT2D eigenvalue weighted by Gasteiger charge is -2.20. The summed E-state index contributed by atoms with van der Waals surface area (Å²) in [4.78, 5) is 6.92. The molecule has 0 spiro atoms. The molecule has 0 amide bonds. The van der Waals surface area contributed by atoms with E-state index in [-0.39, 0.29) is 0 Å². The zero-order valence-corrected chi connectivity index (χ0v) is 9.66. The molecule has 2 rings (SSSR count). The highest BCUT2D eigenvalue weighted by molar-refractivity contribution is 5.14. The van der Waals surface area contributed by atoms with Gasteiger partial charge in [-0.25, -0.2) is 4.98 Å². The molecule has 1 aliphatic rings. The van der Waals surface area contributed by atoms with Crippen molar-refractivity contribution in [1.82, 2.24) is 19.8 Å². The average molecular weight is 208 g/mol. The van der Waals surface area contributed by atoms with Crippen molar-refractivity contribution >= 4 is 0 Å². The van der Waals surface area contributed by atoms with Gasteiger partial charge in [-0.3, -0.25) is 4.90 Å². The number of imidazole rings is 1. The van der Waals surface area contributed by atoms with E-state index in [0.29, 0.717) is 0 Å². The maximum atomic E-state index is 4.51. The second-order valence-electron chi connectivity index (χ2n) is 3.97. The number of aromatic nitrogens is 2. The topological polar surface area (TPSA) is 33.1 Å². The van der Waals surface area contributed by atoms with Gasteiger partial charge in [-0.1, -0.05) is 13.8 Å². The van der Waals surface area contributed by atoms with Crippen LogP contribution in [0, 0.1) is 0 Å². The van der Waals surface area contributed by atoms with E-state index in [0.717, 1.165) is 39.3 Å². The van der Waals surface area contributed by atoms with E-state index >= 15 is 0 Å². The first-order valence-electron chi connectivity index (χ1n) is 5.81. The van der Waals surface area contributed by atoms with Crippen LogP contribution in [0.3, 0.4) is 0 Å². The van der Waals surface area contributed by atoms with Gasteiger partial charge in [0, 0.05) is 26.2 Å². The van der Waals surface area contributed by atoms with Crippen molar-refractivity contribution in [2.45, 2.75) is 33.5 Å². The highest BCUT2D eigenvalue weighted by Gasteiger charge is 2.15. The molecule has 0 atom stereocenters. The van der Waals surface area contributed by atoms with Crippen LogP contribution < -0.4 is 5.32 Å². The van der Waals surface area contributed by atoms with E-state index in [2.05, 4.69) is 33.6 Å². The van der Waals surface area contributed by atoms with Crippen LogP contribution in [0.25, 0.3) is 0 Å². The summed E-state index contributed by atoms with van der Waals surface area (Å²) in [5.41, 5.74) is 2.61. The summed E-state index contributed by atoms with van der Waals surface area (Å²) >= 11 is 0. The van der Waals surface area contributed by atoms with Crippen molar-refractivity contribution in [2.75, 3.05) is 19.6 Å². The Labute approximate surface area is 91.3 Å². The summed E-state index contributed by atoms with van der Waals surface area (Å²) in [6, 6.07) is 0. The first-order valence-corrected chi connectivity index (χ1v) is 5.81. The predicted molar refractivity (Wildman–Crippen MR) is 60.6 cm³/mol. The molecular weight excluding hydrogens is 188 g/mol. The number of nitrogens with zero attached hydrogens (tertiary/aromatic N) is 3. The van der Waals surface area contributed by atoms with Gasteiger partial charge in [0.2, 0.25) is 0 Å². The first-order chi connectivity index (χ1) is 7.35. The standard InChI is InChI=1S/C11H20N4/c1-3-14(4-2)8-10-11-7-12-5-6-15(11)9-13-10/h9,12H,3-8H2,1-2H3. The monoisotopic (exact) mass is 208 g/mol. The summed E-state index contributed by atoms with van der Waals surface area (Å²) in [6.45, 7) is 10.7. The van der Waals surface area contributed by atoms with E-state index in [1.54, 1.807) is 0 Å². The van der Waals surface area contributed by atoms with E-state index in [1.807, 2.05) is 6.33 Å². The molecule has 0 aromatic carbocycles. The Bertz CT molecular complexity index is 314. The van der Waals surface area contributed by atoms with Gasteiger partial charge >= 0.3 is 0 Å². The molecule has 4 heteroatoms. The van der Waals surface area contributed by atoms with E-state index in [9.17, 15) is 0 Å². The van der Waals surface area contributed by atoms with Gasteiger partial charge in [-0.2, -0.15) is 0 Å². The number of fused-ring (bicyclic) bond motifs is 1. The van der Waals surface area contributed by atoms with Gasteiger partial charge in [-0.15, -0.1) is 0 Å². The van der Waals surface area contributed by atoms with E-state index in [4.69, 9.17) is 0 Å². The molecule has 2 heterocycles. The van der Waals surface area contributed by atoms with Gasteiger partial charge in [-0.05, 0) is 13.1 Å². The number of rotatable bonds is 4. The highest BCUT2D eigenvalue weighted by Crippen LogP contribution is 2.12. The van der Waals surface area contributed by atoms with Crippen LogP contribution in [-0.2, 0) is 19.6 Å². The molecule has 1 aliphatic heterocycles. The molecule has 4 nitrogen and oxygen atoms in total. The molecule has 15 heavy (non-hydrogen) atoms. The van der Waals surface area contributed by atoms with Crippen molar-refractivity contribution < 1.29 is 0 Å². The minimum atomic E-state index is 0.969.